The molecule has 0 amide bonds. The molecule has 0 aliphatic carbocycles. The molecular weight excluding hydrogens is 416 g/mol. The van der Waals surface area contributed by atoms with Gasteiger partial charge in [-0.05, 0) is 54.8 Å². The maximum atomic E-state index is 13.0. The number of rotatable bonds is 5. The lowest BCUT2D eigenvalue weighted by atomic mass is 10.0. The van der Waals surface area contributed by atoms with Crippen LogP contribution in [0.3, 0.4) is 0 Å². The molecule has 3 aliphatic heterocycles. The van der Waals surface area contributed by atoms with E-state index in [1.807, 2.05) is 24.3 Å². The van der Waals surface area contributed by atoms with Gasteiger partial charge in [-0.2, -0.15) is 4.31 Å². The van der Waals surface area contributed by atoms with E-state index in [-0.39, 0.29) is 6.04 Å². The quantitative estimate of drug-likeness (QED) is 0.707. The number of fused-ring (bicyclic) bond motifs is 1. The zero-order valence-corrected chi connectivity index (χ0v) is 18.4. The lowest BCUT2D eigenvalue weighted by Gasteiger charge is -2.28. The van der Waals surface area contributed by atoms with E-state index in [1.165, 1.54) is 9.87 Å². The van der Waals surface area contributed by atoms with Crippen molar-refractivity contribution in [2.75, 3.05) is 46.1 Å². The van der Waals surface area contributed by atoms with Crippen LogP contribution in [0.1, 0.15) is 30.0 Å². The number of ether oxygens (including phenoxy) is 3. The van der Waals surface area contributed by atoms with Gasteiger partial charge in [0, 0.05) is 25.7 Å². The van der Waals surface area contributed by atoms with Crippen LogP contribution in [0.15, 0.2) is 47.4 Å². The SMILES string of the molecule is O=S(=O)(c1cccc(CN2CCC[C@@H]2c2ccc3c(c2)OCCO3)c1)N1CCOCC1. The van der Waals surface area contributed by atoms with Gasteiger partial charge in [0.2, 0.25) is 10.0 Å². The third kappa shape index (κ3) is 4.30. The molecule has 0 N–H and O–H groups in total. The first-order valence-corrected chi connectivity index (χ1v) is 12.4. The molecule has 2 fully saturated rings. The highest BCUT2D eigenvalue weighted by Gasteiger charge is 2.29. The van der Waals surface area contributed by atoms with Crippen LogP contribution in [0.2, 0.25) is 0 Å². The normalized spacial score (nSPS) is 22.5. The maximum Gasteiger partial charge on any atom is 0.243 e. The standard InChI is InChI=1S/C23H28N2O5S/c26-31(27,25-9-11-28-12-10-25)20-4-1-3-18(15-20)17-24-8-2-5-21(24)19-6-7-22-23(16-19)30-14-13-29-22/h1,3-4,6-7,15-16,21H,2,5,8-14,17H2/t21-/m1/s1. The van der Waals surface area contributed by atoms with E-state index in [1.54, 1.807) is 6.07 Å². The van der Waals surface area contributed by atoms with E-state index in [0.29, 0.717) is 51.0 Å². The Bertz CT molecular complexity index is 1040. The van der Waals surface area contributed by atoms with Gasteiger partial charge in [0.15, 0.2) is 11.5 Å². The third-order valence-electron chi connectivity index (χ3n) is 6.21. The molecule has 3 heterocycles. The molecule has 2 saturated heterocycles. The molecule has 166 valence electrons. The average Bonchev–Trinajstić information content (AvgIpc) is 3.27. The summed E-state index contributed by atoms with van der Waals surface area (Å²) < 4.78 is 44.3. The van der Waals surface area contributed by atoms with Crippen LogP contribution in [0, 0.1) is 0 Å². The fourth-order valence-corrected chi connectivity index (χ4v) is 6.11. The molecule has 31 heavy (non-hydrogen) atoms. The van der Waals surface area contributed by atoms with Gasteiger partial charge in [-0.1, -0.05) is 18.2 Å². The first-order chi connectivity index (χ1) is 15.1. The molecule has 0 aromatic heterocycles. The van der Waals surface area contributed by atoms with Crippen LogP contribution in [0.5, 0.6) is 11.5 Å². The molecule has 0 radical (unpaired) electrons. The van der Waals surface area contributed by atoms with Crippen LogP contribution in [0.4, 0.5) is 0 Å². The van der Waals surface area contributed by atoms with E-state index < -0.39 is 10.0 Å². The Labute approximate surface area is 183 Å². The van der Waals surface area contributed by atoms with Crippen molar-refractivity contribution >= 4 is 10.0 Å². The molecule has 5 rings (SSSR count). The lowest BCUT2D eigenvalue weighted by Crippen LogP contribution is -2.40. The minimum absolute atomic E-state index is 0.287. The van der Waals surface area contributed by atoms with E-state index in [0.717, 1.165) is 36.4 Å². The van der Waals surface area contributed by atoms with Crippen LogP contribution >= 0.6 is 0 Å². The number of sulfonamides is 1. The summed E-state index contributed by atoms with van der Waals surface area (Å²) in [6, 6.07) is 13.9. The van der Waals surface area contributed by atoms with E-state index >= 15 is 0 Å². The number of hydrogen-bond acceptors (Lipinski definition) is 6. The van der Waals surface area contributed by atoms with Gasteiger partial charge >= 0.3 is 0 Å². The van der Waals surface area contributed by atoms with Crippen molar-refractivity contribution in [1.82, 2.24) is 9.21 Å². The molecule has 0 spiro atoms. The number of likely N-dealkylation sites (tertiary alicyclic amines) is 1. The predicted octanol–water partition coefficient (Wildman–Crippen LogP) is 2.82. The van der Waals surface area contributed by atoms with Crippen molar-refractivity contribution < 1.29 is 22.6 Å². The minimum Gasteiger partial charge on any atom is -0.486 e. The van der Waals surface area contributed by atoms with Gasteiger partial charge < -0.3 is 14.2 Å². The highest BCUT2D eigenvalue weighted by Crippen LogP contribution is 2.38. The zero-order valence-electron chi connectivity index (χ0n) is 17.5. The fraction of sp³-hybridized carbons (Fsp3) is 0.478. The van der Waals surface area contributed by atoms with Gasteiger partial charge in [0.1, 0.15) is 13.2 Å². The molecule has 0 unspecified atom stereocenters. The highest BCUT2D eigenvalue weighted by molar-refractivity contribution is 7.89. The van der Waals surface area contributed by atoms with Crippen molar-refractivity contribution in [2.45, 2.75) is 30.3 Å². The summed E-state index contributed by atoms with van der Waals surface area (Å²) in [5.74, 6) is 1.62. The summed E-state index contributed by atoms with van der Waals surface area (Å²) in [5, 5.41) is 0. The van der Waals surface area contributed by atoms with E-state index in [2.05, 4.69) is 17.0 Å². The smallest absolute Gasteiger partial charge is 0.243 e. The molecule has 1 atom stereocenters. The summed E-state index contributed by atoms with van der Waals surface area (Å²) in [6.45, 7) is 4.58. The Kier molecular flexibility index (Phi) is 5.88. The predicted molar refractivity (Wildman–Crippen MR) is 116 cm³/mol. The van der Waals surface area contributed by atoms with Gasteiger partial charge in [0.25, 0.3) is 0 Å². The number of nitrogens with zero attached hydrogens (tertiary/aromatic N) is 2. The van der Waals surface area contributed by atoms with Crippen LogP contribution in [0.25, 0.3) is 0 Å². The molecular formula is C23H28N2O5S. The van der Waals surface area contributed by atoms with Gasteiger partial charge in [-0.3, -0.25) is 4.90 Å². The summed E-state index contributed by atoms with van der Waals surface area (Å²) in [5.41, 5.74) is 2.23. The summed E-state index contributed by atoms with van der Waals surface area (Å²) in [7, 11) is -3.49. The molecule has 2 aromatic carbocycles. The molecule has 0 bridgehead atoms. The van der Waals surface area contributed by atoms with Gasteiger partial charge in [0.05, 0.1) is 18.1 Å². The Morgan fingerprint density at radius 3 is 2.55 bits per heavy atom. The minimum atomic E-state index is -3.49. The number of hydrogen-bond donors (Lipinski definition) is 0. The molecule has 8 heteroatoms. The Morgan fingerprint density at radius 2 is 1.71 bits per heavy atom. The van der Waals surface area contributed by atoms with Gasteiger partial charge in [-0.15, -0.1) is 0 Å². The number of benzene rings is 2. The number of morpholine rings is 1. The Balaban J connectivity index is 1.34. The topological polar surface area (TPSA) is 68.3 Å². The second kappa shape index (κ2) is 8.78. The van der Waals surface area contributed by atoms with Crippen LogP contribution < -0.4 is 9.47 Å². The van der Waals surface area contributed by atoms with Crippen molar-refractivity contribution in [3.8, 4) is 11.5 Å². The molecule has 3 aliphatic rings. The van der Waals surface area contributed by atoms with Crippen molar-refractivity contribution in [1.29, 1.82) is 0 Å². The second-order valence-corrected chi connectivity index (χ2v) is 10.1. The second-order valence-electron chi connectivity index (χ2n) is 8.20. The molecule has 2 aromatic rings. The maximum absolute atomic E-state index is 13.0. The first kappa shape index (κ1) is 20.8. The first-order valence-electron chi connectivity index (χ1n) is 10.9. The van der Waals surface area contributed by atoms with Crippen LogP contribution in [-0.2, 0) is 21.3 Å². The van der Waals surface area contributed by atoms with E-state index in [9.17, 15) is 8.42 Å². The van der Waals surface area contributed by atoms with Crippen molar-refractivity contribution in [2.24, 2.45) is 0 Å². The fourth-order valence-electron chi connectivity index (χ4n) is 4.63. The van der Waals surface area contributed by atoms with Gasteiger partial charge in [-0.25, -0.2) is 8.42 Å². The van der Waals surface area contributed by atoms with E-state index in [4.69, 9.17) is 14.2 Å². The monoisotopic (exact) mass is 444 g/mol. The zero-order chi connectivity index (χ0) is 21.3. The summed E-state index contributed by atoms with van der Waals surface area (Å²) >= 11 is 0. The largest absolute Gasteiger partial charge is 0.486 e. The third-order valence-corrected chi connectivity index (χ3v) is 8.10. The van der Waals surface area contributed by atoms with Crippen LogP contribution in [-0.4, -0.2) is 63.7 Å². The molecule has 0 saturated carbocycles. The highest BCUT2D eigenvalue weighted by atomic mass is 32.2. The Hall–Kier alpha value is -2.13. The average molecular weight is 445 g/mol. The Morgan fingerprint density at radius 1 is 0.903 bits per heavy atom. The summed E-state index contributed by atoms with van der Waals surface area (Å²) in [4.78, 5) is 2.79. The lowest BCUT2D eigenvalue weighted by molar-refractivity contribution is 0.0730. The van der Waals surface area contributed by atoms with Crippen molar-refractivity contribution in [3.63, 3.8) is 0 Å². The van der Waals surface area contributed by atoms with Crippen molar-refractivity contribution in [3.05, 3.63) is 53.6 Å². The summed E-state index contributed by atoms with van der Waals surface area (Å²) in [6.07, 6.45) is 2.19. The molecule has 7 nitrogen and oxygen atoms in total.